The Balaban J connectivity index is 0.841. The van der Waals surface area contributed by atoms with Gasteiger partial charge in [0.05, 0.1) is 21.0 Å². The fourth-order valence-electron chi connectivity index (χ4n) is 11.0. The Morgan fingerprint density at radius 3 is 2.11 bits per heavy atom. The lowest BCUT2D eigenvalue weighted by Gasteiger charge is -2.59. The molecule has 2 saturated heterocycles. The van der Waals surface area contributed by atoms with E-state index in [1.165, 1.54) is 36.1 Å². The van der Waals surface area contributed by atoms with E-state index in [2.05, 4.69) is 55.9 Å². The molecule has 1 amide bonds. The van der Waals surface area contributed by atoms with Gasteiger partial charge in [0, 0.05) is 74.7 Å². The molecule has 2 aliphatic heterocycles. The molecule has 0 aromatic heterocycles. The molecule has 0 radical (unpaired) electrons. The van der Waals surface area contributed by atoms with E-state index in [0.29, 0.717) is 42.9 Å². The standard InChI is InChI=1S/C47H64N6O7S/c1-33-6-4-5-7-40(33)43-32-51(37-16-20-46(3,56)21-17-37)26-27-52(43)38-29-47(30-38)22-24-50(25-23-47)36-10-8-35(9-11-36)44(54)49-61(59,60)39-12-13-41(42(28-39)53(57)58)48-31-34-14-18-45(2,55)19-15-34/h4-13,28,34,37-38,43,48,55-56H,14-27,29-32H2,1-3H3,(H,49,54)/t34?,37?,43-,45?,46?/m0/s1. The number of piperidine rings is 1. The molecule has 1 atom stereocenters. The number of carbonyl (C=O) groups excluding carboxylic acids is 1. The molecule has 0 unspecified atom stereocenters. The number of anilines is 2. The predicted octanol–water partition coefficient (Wildman–Crippen LogP) is 7.18. The average Bonchev–Trinajstić information content (AvgIpc) is 3.22. The summed E-state index contributed by atoms with van der Waals surface area (Å²) in [5.74, 6) is -0.570. The summed E-state index contributed by atoms with van der Waals surface area (Å²) in [6.07, 6.45) is 11.4. The first-order valence-electron chi connectivity index (χ1n) is 22.4. The van der Waals surface area contributed by atoms with Crippen molar-refractivity contribution in [1.82, 2.24) is 14.5 Å². The molecule has 5 aliphatic rings. The van der Waals surface area contributed by atoms with Crippen molar-refractivity contribution < 1.29 is 28.3 Å². The monoisotopic (exact) mass is 856 g/mol. The molecule has 4 N–H and O–H groups in total. The fraction of sp³-hybridized carbons (Fsp3) is 0.596. The van der Waals surface area contributed by atoms with Crippen LogP contribution in [0.15, 0.2) is 71.6 Å². The number of amides is 1. The van der Waals surface area contributed by atoms with Crippen LogP contribution in [0.1, 0.15) is 118 Å². The second-order valence-electron chi connectivity index (χ2n) is 19.6. The SMILES string of the molecule is Cc1ccccc1[C@@H]1CN(C2CCC(C)(O)CC2)CCN1C1CC2(CCN(c3ccc(C(=O)NS(=O)(=O)c4ccc(NCC5CCC(C)(O)CC5)c([N+](=O)[O-])c4)cc3)CC2)C1. The fourth-order valence-corrected chi connectivity index (χ4v) is 12.0. The van der Waals surface area contributed by atoms with Gasteiger partial charge in [0.15, 0.2) is 0 Å². The summed E-state index contributed by atoms with van der Waals surface area (Å²) in [4.78, 5) is 32.0. The van der Waals surface area contributed by atoms with Gasteiger partial charge in [-0.1, -0.05) is 24.3 Å². The van der Waals surface area contributed by atoms with Gasteiger partial charge >= 0.3 is 0 Å². The largest absolute Gasteiger partial charge is 0.390 e. The zero-order chi connectivity index (χ0) is 43.2. The third-order valence-corrected chi connectivity index (χ3v) is 16.5. The van der Waals surface area contributed by atoms with Gasteiger partial charge in [0.1, 0.15) is 5.69 Å². The van der Waals surface area contributed by atoms with Crippen molar-refractivity contribution in [3.05, 3.63) is 93.5 Å². The van der Waals surface area contributed by atoms with Gasteiger partial charge in [-0.25, -0.2) is 13.1 Å². The number of piperazine rings is 1. The highest BCUT2D eigenvalue weighted by molar-refractivity contribution is 7.90. The molecule has 3 aromatic carbocycles. The highest BCUT2D eigenvalue weighted by Gasteiger charge is 2.50. The van der Waals surface area contributed by atoms with E-state index in [-0.39, 0.29) is 27.8 Å². The van der Waals surface area contributed by atoms with Gasteiger partial charge in [0.2, 0.25) is 0 Å². The van der Waals surface area contributed by atoms with E-state index in [0.717, 1.165) is 95.8 Å². The Labute approximate surface area is 361 Å². The molecule has 61 heavy (non-hydrogen) atoms. The molecule has 5 fully saturated rings. The highest BCUT2D eigenvalue weighted by Crippen LogP contribution is 2.53. The first kappa shape index (κ1) is 43.6. The minimum atomic E-state index is -4.40. The minimum Gasteiger partial charge on any atom is -0.390 e. The van der Waals surface area contributed by atoms with Gasteiger partial charge in [-0.2, -0.15) is 0 Å². The number of benzene rings is 3. The van der Waals surface area contributed by atoms with E-state index in [9.17, 15) is 33.5 Å². The number of nitrogens with zero attached hydrogens (tertiary/aromatic N) is 4. The lowest BCUT2D eigenvalue weighted by molar-refractivity contribution is -0.384. The molecule has 13 nitrogen and oxygen atoms in total. The van der Waals surface area contributed by atoms with Crippen LogP contribution < -0.4 is 14.9 Å². The van der Waals surface area contributed by atoms with E-state index >= 15 is 0 Å². The number of nitro groups is 1. The van der Waals surface area contributed by atoms with Crippen molar-refractivity contribution >= 4 is 33.0 Å². The molecule has 3 aromatic rings. The number of nitrogens with one attached hydrogen (secondary N) is 2. The first-order valence-corrected chi connectivity index (χ1v) is 23.9. The van der Waals surface area contributed by atoms with Crippen LogP contribution in [0.4, 0.5) is 17.1 Å². The second kappa shape index (κ2) is 17.2. The van der Waals surface area contributed by atoms with Crippen LogP contribution in [0, 0.1) is 28.4 Å². The first-order chi connectivity index (χ1) is 29.0. The van der Waals surface area contributed by atoms with Gasteiger partial charge in [-0.15, -0.1) is 0 Å². The minimum absolute atomic E-state index is 0.181. The summed E-state index contributed by atoms with van der Waals surface area (Å²) in [6, 6.07) is 20.9. The third-order valence-electron chi connectivity index (χ3n) is 15.1. The van der Waals surface area contributed by atoms with Crippen LogP contribution in [0.25, 0.3) is 0 Å². The lowest BCUT2D eigenvalue weighted by atomic mass is 9.59. The van der Waals surface area contributed by atoms with Crippen LogP contribution in [0.2, 0.25) is 0 Å². The van der Waals surface area contributed by atoms with Gasteiger partial charge in [-0.05, 0) is 157 Å². The quantitative estimate of drug-likeness (QED) is 0.114. The Morgan fingerprint density at radius 1 is 0.836 bits per heavy atom. The van der Waals surface area contributed by atoms with Crippen LogP contribution in [-0.4, -0.2) is 102 Å². The van der Waals surface area contributed by atoms with E-state index in [4.69, 9.17) is 0 Å². The number of hydrogen-bond acceptors (Lipinski definition) is 11. The molecule has 14 heteroatoms. The smallest absolute Gasteiger partial charge is 0.293 e. The molecule has 3 aliphatic carbocycles. The number of carbonyl (C=O) groups is 1. The van der Waals surface area contributed by atoms with Crippen molar-refractivity contribution in [1.29, 1.82) is 0 Å². The Kier molecular flexibility index (Phi) is 12.3. The average molecular weight is 857 g/mol. The van der Waals surface area contributed by atoms with E-state index < -0.39 is 32.1 Å². The van der Waals surface area contributed by atoms with Crippen molar-refractivity contribution in [3.63, 3.8) is 0 Å². The molecule has 2 heterocycles. The van der Waals surface area contributed by atoms with Crippen LogP contribution in [0.5, 0.6) is 0 Å². The molecule has 1 spiro atoms. The summed E-state index contributed by atoms with van der Waals surface area (Å²) in [7, 11) is -4.40. The number of sulfonamides is 1. The predicted molar refractivity (Wildman–Crippen MR) is 237 cm³/mol. The van der Waals surface area contributed by atoms with Crippen LogP contribution >= 0.6 is 0 Å². The number of aryl methyl sites for hydroxylation is 1. The maximum absolute atomic E-state index is 13.3. The molecule has 3 saturated carbocycles. The van der Waals surface area contributed by atoms with Crippen molar-refractivity contribution in [2.45, 2.75) is 132 Å². The Hall–Kier alpha value is -4.08. The molecule has 8 rings (SSSR count). The summed E-state index contributed by atoms with van der Waals surface area (Å²) in [6.45, 7) is 11.5. The topological polar surface area (TPSA) is 169 Å². The Morgan fingerprint density at radius 2 is 1.48 bits per heavy atom. The molecule has 330 valence electrons. The second-order valence-corrected chi connectivity index (χ2v) is 21.3. The number of nitro benzene ring substituents is 1. The summed E-state index contributed by atoms with van der Waals surface area (Å²) < 4.78 is 28.7. The van der Waals surface area contributed by atoms with Crippen LogP contribution in [0.3, 0.4) is 0 Å². The number of rotatable bonds is 11. The molecule has 0 bridgehead atoms. The zero-order valence-corrected chi connectivity index (χ0v) is 36.8. The van der Waals surface area contributed by atoms with Gasteiger partial charge in [0.25, 0.3) is 21.6 Å². The van der Waals surface area contributed by atoms with Crippen molar-refractivity contribution in [2.24, 2.45) is 11.3 Å². The van der Waals surface area contributed by atoms with Gasteiger partial charge < -0.3 is 20.4 Å². The zero-order valence-electron chi connectivity index (χ0n) is 36.0. The molecular formula is C47H64N6O7S. The Bertz CT molecular complexity index is 2160. The van der Waals surface area contributed by atoms with Crippen molar-refractivity contribution in [3.8, 4) is 0 Å². The summed E-state index contributed by atoms with van der Waals surface area (Å²) in [5, 5.41) is 35.9. The lowest BCUT2D eigenvalue weighted by Crippen LogP contribution is -2.61. The number of hydrogen-bond donors (Lipinski definition) is 4. The van der Waals surface area contributed by atoms with Gasteiger partial charge in [-0.3, -0.25) is 24.7 Å². The van der Waals surface area contributed by atoms with E-state index in [1.54, 1.807) is 12.1 Å². The van der Waals surface area contributed by atoms with Crippen LogP contribution in [-0.2, 0) is 10.0 Å². The molecular weight excluding hydrogens is 793 g/mol. The third kappa shape index (κ3) is 9.78. The summed E-state index contributed by atoms with van der Waals surface area (Å²) >= 11 is 0. The maximum Gasteiger partial charge on any atom is 0.293 e. The normalized spacial score (nSPS) is 28.9. The maximum atomic E-state index is 13.3. The van der Waals surface area contributed by atoms with Crippen molar-refractivity contribution in [2.75, 3.05) is 49.5 Å². The highest BCUT2D eigenvalue weighted by atomic mass is 32.2. The van der Waals surface area contributed by atoms with E-state index in [1.807, 2.05) is 26.0 Å². The number of aliphatic hydroxyl groups is 2. The summed E-state index contributed by atoms with van der Waals surface area (Å²) in [5.41, 5.74) is 2.90.